The fourth-order valence-corrected chi connectivity index (χ4v) is 4.02. The third-order valence-electron chi connectivity index (χ3n) is 4.09. The predicted octanol–water partition coefficient (Wildman–Crippen LogP) is 2.79. The Morgan fingerprint density at radius 2 is 1.92 bits per heavy atom. The number of nitrogens with one attached hydrogen (secondary N) is 2. The molecule has 1 aromatic carbocycles. The molecule has 128 valence electrons. The number of anilines is 2. The quantitative estimate of drug-likeness (QED) is 0.866. The van der Waals surface area contributed by atoms with E-state index in [9.17, 15) is 4.21 Å². The van der Waals surface area contributed by atoms with Gasteiger partial charge in [0.1, 0.15) is 11.5 Å². The van der Waals surface area contributed by atoms with E-state index in [4.69, 9.17) is 9.47 Å². The summed E-state index contributed by atoms with van der Waals surface area (Å²) < 4.78 is 23.4. The lowest BCUT2D eigenvalue weighted by molar-refractivity contribution is 0.407. The van der Waals surface area contributed by atoms with Gasteiger partial charge in [0, 0.05) is 23.4 Å². The molecule has 0 radical (unpaired) electrons. The maximum Gasteiger partial charge on any atom is 0.175 e. The fourth-order valence-electron chi connectivity index (χ4n) is 2.78. The molecule has 2 heterocycles. The van der Waals surface area contributed by atoms with E-state index in [2.05, 4.69) is 15.6 Å². The van der Waals surface area contributed by atoms with E-state index in [1.165, 1.54) is 0 Å². The van der Waals surface area contributed by atoms with Gasteiger partial charge in [-0.1, -0.05) is 0 Å². The van der Waals surface area contributed by atoms with Gasteiger partial charge in [-0.15, -0.1) is 0 Å². The van der Waals surface area contributed by atoms with Gasteiger partial charge < -0.3 is 20.1 Å². The smallest absolute Gasteiger partial charge is 0.175 e. The summed E-state index contributed by atoms with van der Waals surface area (Å²) in [5.41, 5.74) is 4.14. The summed E-state index contributed by atoms with van der Waals surface area (Å²) in [6, 6.07) is 5.67. The minimum absolute atomic E-state index is 0.345. The molecule has 1 aliphatic rings. The van der Waals surface area contributed by atoms with Crippen LogP contribution in [-0.4, -0.2) is 28.9 Å². The molecular formula is C17H21N3O3S. The van der Waals surface area contributed by atoms with Crippen LogP contribution in [0.5, 0.6) is 11.5 Å². The van der Waals surface area contributed by atoms with Crippen molar-refractivity contribution in [1.82, 2.24) is 4.98 Å². The van der Waals surface area contributed by atoms with Crippen LogP contribution in [0.1, 0.15) is 16.8 Å². The lowest BCUT2D eigenvalue weighted by atomic mass is 10.1. The Kier molecular flexibility index (Phi) is 4.62. The number of pyridine rings is 1. The molecule has 0 saturated carbocycles. The zero-order chi connectivity index (χ0) is 17.3. The molecule has 0 aliphatic carbocycles. The Balaban J connectivity index is 1.75. The lowest BCUT2D eigenvalue weighted by Gasteiger charge is -2.15. The van der Waals surface area contributed by atoms with Crippen molar-refractivity contribution in [1.29, 1.82) is 0 Å². The molecule has 2 aromatic rings. The molecule has 0 spiro atoms. The number of hydrogen-bond donors (Lipinski definition) is 2. The molecule has 2 N–H and O–H groups in total. The van der Waals surface area contributed by atoms with Crippen molar-refractivity contribution in [2.75, 3.05) is 24.9 Å². The molecule has 0 fully saturated rings. The van der Waals surface area contributed by atoms with Crippen LogP contribution in [0.3, 0.4) is 0 Å². The maximum atomic E-state index is 12.7. The average molecular weight is 347 g/mol. The second-order valence-electron chi connectivity index (χ2n) is 5.65. The summed E-state index contributed by atoms with van der Waals surface area (Å²) in [6.45, 7) is 3.89. The van der Waals surface area contributed by atoms with Crippen LogP contribution in [0.4, 0.5) is 11.4 Å². The first-order valence-electron chi connectivity index (χ1n) is 7.61. The molecule has 2 atom stereocenters. The minimum atomic E-state index is -1.19. The molecule has 6 nitrogen and oxygen atoms in total. The molecule has 3 rings (SSSR count). The van der Waals surface area contributed by atoms with Gasteiger partial charge >= 0.3 is 0 Å². The van der Waals surface area contributed by atoms with E-state index < -0.39 is 10.8 Å². The molecule has 1 aliphatic heterocycles. The van der Waals surface area contributed by atoms with Gasteiger partial charge in [0.2, 0.25) is 0 Å². The van der Waals surface area contributed by atoms with Gasteiger partial charge in [0.15, 0.2) is 5.50 Å². The Bertz CT molecular complexity index is 795. The number of fused-ring (bicyclic) bond motifs is 1. The molecule has 0 unspecified atom stereocenters. The summed E-state index contributed by atoms with van der Waals surface area (Å²) in [6.07, 6.45) is 1.76. The van der Waals surface area contributed by atoms with Gasteiger partial charge in [-0.2, -0.15) is 0 Å². The first-order valence-corrected chi connectivity index (χ1v) is 8.99. The lowest BCUT2D eigenvalue weighted by Crippen LogP contribution is -2.29. The molecule has 7 heteroatoms. The van der Waals surface area contributed by atoms with Crippen molar-refractivity contribution < 1.29 is 13.7 Å². The monoisotopic (exact) mass is 347 g/mol. The van der Waals surface area contributed by atoms with Crippen LogP contribution in [0.15, 0.2) is 24.4 Å². The van der Waals surface area contributed by atoms with Crippen molar-refractivity contribution in [2.45, 2.75) is 25.1 Å². The Hall–Kier alpha value is -2.28. The topological polar surface area (TPSA) is 72.5 Å². The van der Waals surface area contributed by atoms with Crippen LogP contribution < -0.4 is 20.1 Å². The van der Waals surface area contributed by atoms with Gasteiger partial charge in [-0.3, -0.25) is 9.19 Å². The summed E-state index contributed by atoms with van der Waals surface area (Å²) in [4.78, 5) is 4.43. The number of aryl methyl sites for hydroxylation is 1. The molecule has 1 aromatic heterocycles. The summed E-state index contributed by atoms with van der Waals surface area (Å²) in [5, 5.41) is 6.48. The number of nitrogens with zero attached hydrogens (tertiary/aromatic N) is 1. The molecular weight excluding hydrogens is 326 g/mol. The summed E-state index contributed by atoms with van der Waals surface area (Å²) in [5.74, 6) is 1.91. The average Bonchev–Trinajstić information content (AvgIpc) is 3.01. The molecule has 0 bridgehead atoms. The summed E-state index contributed by atoms with van der Waals surface area (Å²) >= 11 is 0. The molecule has 24 heavy (non-hydrogen) atoms. The molecule has 0 saturated heterocycles. The number of aromatic nitrogens is 1. The highest BCUT2D eigenvalue weighted by molar-refractivity contribution is 7.85. The van der Waals surface area contributed by atoms with Gasteiger partial charge in [0.25, 0.3) is 0 Å². The van der Waals surface area contributed by atoms with Crippen LogP contribution in [-0.2, 0) is 16.6 Å². The largest absolute Gasteiger partial charge is 0.497 e. The van der Waals surface area contributed by atoms with E-state index in [1.54, 1.807) is 20.4 Å². The number of rotatable bonds is 5. The first-order chi connectivity index (χ1) is 11.5. The Morgan fingerprint density at radius 3 is 2.62 bits per heavy atom. The number of hydrogen-bond acceptors (Lipinski definition) is 6. The fraction of sp³-hybridized carbons (Fsp3) is 0.353. The zero-order valence-electron chi connectivity index (χ0n) is 14.2. The van der Waals surface area contributed by atoms with Gasteiger partial charge in [-0.25, -0.2) is 0 Å². The van der Waals surface area contributed by atoms with Gasteiger partial charge in [0.05, 0.1) is 47.8 Å². The van der Waals surface area contributed by atoms with E-state index >= 15 is 0 Å². The van der Waals surface area contributed by atoms with E-state index in [1.807, 2.05) is 32.0 Å². The number of benzene rings is 1. The highest BCUT2D eigenvalue weighted by Crippen LogP contribution is 2.34. The highest BCUT2D eigenvalue weighted by atomic mass is 32.2. The van der Waals surface area contributed by atoms with E-state index in [-0.39, 0.29) is 5.50 Å². The third-order valence-corrected chi connectivity index (χ3v) is 5.41. The zero-order valence-corrected chi connectivity index (χ0v) is 15.0. The normalized spacial score (nSPS) is 16.8. The number of ether oxygens (including phenoxy) is 2. The second kappa shape index (κ2) is 6.68. The van der Waals surface area contributed by atoms with Gasteiger partial charge in [-0.05, 0) is 26.0 Å². The summed E-state index contributed by atoms with van der Waals surface area (Å²) in [7, 11) is 2.07. The van der Waals surface area contributed by atoms with Crippen LogP contribution in [0.25, 0.3) is 0 Å². The van der Waals surface area contributed by atoms with Crippen molar-refractivity contribution in [3.63, 3.8) is 0 Å². The standard InChI is InChI=1S/C17H21N3O3S/c1-10-8-18-15(11(2)16(10)23-4)9-24(21)17-19-13-6-5-12(22-3)7-14(13)20-17/h5-8,17,19-20H,9H2,1-4H3/t17-,24+/m1/s1. The Morgan fingerprint density at radius 1 is 1.17 bits per heavy atom. The van der Waals surface area contributed by atoms with Crippen LogP contribution >= 0.6 is 0 Å². The van der Waals surface area contributed by atoms with Crippen molar-refractivity contribution >= 4 is 22.2 Å². The van der Waals surface area contributed by atoms with Crippen LogP contribution in [0.2, 0.25) is 0 Å². The van der Waals surface area contributed by atoms with Crippen LogP contribution in [0, 0.1) is 13.8 Å². The first kappa shape index (κ1) is 16.6. The van der Waals surface area contributed by atoms with E-state index in [0.717, 1.165) is 39.7 Å². The third kappa shape index (κ3) is 3.03. The number of methoxy groups -OCH3 is 2. The van der Waals surface area contributed by atoms with Crippen molar-refractivity contribution in [3.05, 3.63) is 41.2 Å². The maximum absolute atomic E-state index is 12.7. The SMILES string of the molecule is COc1ccc2c(c1)N[C@H]([S@@](=O)Cc1ncc(C)c(OC)c1C)N2. The Labute approximate surface area is 144 Å². The minimum Gasteiger partial charge on any atom is -0.497 e. The van der Waals surface area contributed by atoms with Crippen molar-refractivity contribution in [3.8, 4) is 11.5 Å². The predicted molar refractivity (Wildman–Crippen MR) is 96.1 cm³/mol. The molecule has 0 amide bonds. The van der Waals surface area contributed by atoms with Crippen molar-refractivity contribution in [2.24, 2.45) is 0 Å². The highest BCUT2D eigenvalue weighted by Gasteiger charge is 2.26. The van der Waals surface area contributed by atoms with E-state index in [0.29, 0.717) is 5.75 Å². The second-order valence-corrected chi connectivity index (χ2v) is 7.17.